The zero-order valence-electron chi connectivity index (χ0n) is 20.1. The van der Waals surface area contributed by atoms with E-state index in [1.165, 1.54) is 32.1 Å². The average Bonchev–Trinajstić information content (AvgIpc) is 3.49. The summed E-state index contributed by atoms with van der Waals surface area (Å²) in [7, 11) is 1.56. The predicted octanol–water partition coefficient (Wildman–Crippen LogP) is 6.53. The van der Waals surface area contributed by atoms with Crippen LogP contribution in [-0.4, -0.2) is 31.0 Å². The Bertz CT molecular complexity index is 696. The molecular formula is C26H39FeNO4. The number of nitrogens with zero attached hydrogens (tertiary/aromatic N) is 1. The number of methoxy groups -OCH3 is 1. The molecule has 3 rings (SSSR count). The van der Waals surface area contributed by atoms with Crippen LogP contribution in [0.25, 0.3) is 4.85 Å². The van der Waals surface area contributed by atoms with Gasteiger partial charge in [0.2, 0.25) is 0 Å². The van der Waals surface area contributed by atoms with E-state index < -0.39 is 5.54 Å². The van der Waals surface area contributed by atoms with Gasteiger partial charge in [-0.2, -0.15) is 0 Å². The van der Waals surface area contributed by atoms with Gasteiger partial charge in [0.05, 0.1) is 19.4 Å². The molecule has 0 amide bonds. The Kier molecular flexibility index (Phi) is 16.9. The third-order valence-electron chi connectivity index (χ3n) is 5.69. The molecule has 2 saturated carbocycles. The van der Waals surface area contributed by atoms with Crippen LogP contribution in [0.3, 0.4) is 0 Å². The first-order chi connectivity index (χ1) is 14.0. The summed E-state index contributed by atoms with van der Waals surface area (Å²) in [5.74, 6) is 0.245. The van der Waals surface area contributed by atoms with Crippen LogP contribution < -0.4 is 4.74 Å². The molecule has 6 heteroatoms. The smallest absolute Gasteiger partial charge is 0.497 e. The molecule has 32 heavy (non-hydrogen) atoms. The first kappa shape index (κ1) is 32.3. The van der Waals surface area contributed by atoms with Crippen LogP contribution in [0.1, 0.15) is 81.5 Å². The molecule has 1 aromatic rings. The van der Waals surface area contributed by atoms with Gasteiger partial charge in [0.25, 0.3) is 5.54 Å². The largest absolute Gasteiger partial charge is 2.00 e. The Morgan fingerprint density at radius 1 is 1.00 bits per heavy atom. The molecule has 1 aromatic carbocycles. The standard InChI is InChI=1S/C19H23NO4.C5H10.2CH3.Fe/c1-19(20-2,13-24-18(22)15-6-4-5-7-15)12-17(21)14-8-10-16(23-3)11-9-14;1-2-4-5-3-1;;;/h8-11,15H,4-7,12-13H2,1,3H3;1-5H2;2*1H3;/q;;2*-1;+2. The van der Waals surface area contributed by atoms with Crippen LogP contribution >= 0.6 is 0 Å². The zero-order chi connectivity index (χ0) is 21.1. The summed E-state index contributed by atoms with van der Waals surface area (Å²) in [5, 5.41) is 0. The van der Waals surface area contributed by atoms with Crippen molar-refractivity contribution in [3.05, 3.63) is 56.1 Å². The molecule has 1 unspecified atom stereocenters. The van der Waals surface area contributed by atoms with Crippen molar-refractivity contribution in [3.63, 3.8) is 0 Å². The summed E-state index contributed by atoms with van der Waals surface area (Å²) in [6.45, 7) is 9.00. The van der Waals surface area contributed by atoms with Gasteiger partial charge in [-0.15, -0.1) is 0 Å². The minimum absolute atomic E-state index is 0. The van der Waals surface area contributed by atoms with Gasteiger partial charge in [-0.1, -0.05) is 44.9 Å². The van der Waals surface area contributed by atoms with Crippen LogP contribution in [0, 0.1) is 27.3 Å². The Hall–Kier alpha value is -1.83. The van der Waals surface area contributed by atoms with Gasteiger partial charge < -0.3 is 29.2 Å². The summed E-state index contributed by atoms with van der Waals surface area (Å²) in [4.78, 5) is 28.0. The quantitative estimate of drug-likeness (QED) is 0.191. The number of carbonyl (C=O) groups excluding carboxylic acids is 2. The van der Waals surface area contributed by atoms with Gasteiger partial charge in [0.1, 0.15) is 5.75 Å². The fourth-order valence-electron chi connectivity index (χ4n) is 3.74. The van der Waals surface area contributed by atoms with Gasteiger partial charge in [0, 0.05) is 12.5 Å². The third kappa shape index (κ3) is 10.7. The van der Waals surface area contributed by atoms with E-state index in [1.54, 1.807) is 38.3 Å². The first-order valence-electron chi connectivity index (χ1n) is 10.7. The molecule has 0 saturated heterocycles. The van der Waals surface area contributed by atoms with Crippen LogP contribution in [0.15, 0.2) is 24.3 Å². The van der Waals surface area contributed by atoms with Gasteiger partial charge in [-0.3, -0.25) is 9.59 Å². The molecule has 2 fully saturated rings. The number of hydrogen-bond donors (Lipinski definition) is 0. The number of benzene rings is 1. The predicted molar refractivity (Wildman–Crippen MR) is 126 cm³/mol. The molecule has 0 radical (unpaired) electrons. The van der Waals surface area contributed by atoms with Crippen molar-refractivity contribution in [3.8, 4) is 5.75 Å². The van der Waals surface area contributed by atoms with Gasteiger partial charge in [-0.05, 0) is 37.1 Å². The van der Waals surface area contributed by atoms with Crippen LogP contribution in [-0.2, 0) is 26.6 Å². The number of Topliss-reactive ketones (excluding diaryl/α,β-unsaturated/α-hetero) is 1. The maximum atomic E-state index is 12.4. The molecule has 5 nitrogen and oxygen atoms in total. The SMILES string of the molecule is C1CCCC1.[C-]#[N+]C(C)(COC(=O)C1CCCC1)CC(=O)c1ccc(OC)cc1.[CH3-].[CH3-].[Fe+2]. The Labute approximate surface area is 205 Å². The summed E-state index contributed by atoms with van der Waals surface area (Å²) < 4.78 is 10.4. The van der Waals surface area contributed by atoms with Gasteiger partial charge >= 0.3 is 23.0 Å². The number of hydrogen-bond acceptors (Lipinski definition) is 4. The topological polar surface area (TPSA) is 57.0 Å². The maximum Gasteiger partial charge on any atom is 2.00 e. The Balaban J connectivity index is 0. The normalized spacial score (nSPS) is 16.4. The summed E-state index contributed by atoms with van der Waals surface area (Å²) in [6, 6.07) is 6.78. The van der Waals surface area contributed by atoms with Crippen molar-refractivity contribution in [2.75, 3.05) is 13.7 Å². The van der Waals surface area contributed by atoms with Crippen molar-refractivity contribution in [2.45, 2.75) is 76.7 Å². The molecule has 0 aliphatic heterocycles. The molecule has 0 bridgehead atoms. The van der Waals surface area contributed by atoms with Gasteiger partial charge in [-0.25, -0.2) is 6.57 Å². The second-order valence-corrected chi connectivity index (χ2v) is 8.29. The first-order valence-corrected chi connectivity index (χ1v) is 10.7. The minimum Gasteiger partial charge on any atom is -0.497 e. The van der Waals surface area contributed by atoms with Crippen molar-refractivity contribution in [2.24, 2.45) is 5.92 Å². The van der Waals surface area contributed by atoms with Crippen molar-refractivity contribution >= 4 is 11.8 Å². The van der Waals surface area contributed by atoms with Crippen LogP contribution in [0.2, 0.25) is 0 Å². The second kappa shape index (κ2) is 16.8. The van der Waals surface area contributed by atoms with Crippen molar-refractivity contribution in [1.29, 1.82) is 0 Å². The van der Waals surface area contributed by atoms with E-state index in [2.05, 4.69) is 4.85 Å². The van der Waals surface area contributed by atoms with E-state index in [4.69, 9.17) is 16.0 Å². The molecule has 0 N–H and O–H groups in total. The van der Waals surface area contributed by atoms with E-state index in [-0.39, 0.29) is 62.6 Å². The van der Waals surface area contributed by atoms with E-state index in [9.17, 15) is 9.59 Å². The van der Waals surface area contributed by atoms with E-state index in [1.807, 2.05) is 0 Å². The van der Waals surface area contributed by atoms with Crippen molar-refractivity contribution < 1.29 is 36.1 Å². The molecule has 1 atom stereocenters. The number of ether oxygens (including phenoxy) is 2. The Morgan fingerprint density at radius 2 is 1.50 bits per heavy atom. The molecule has 2 aliphatic carbocycles. The van der Waals surface area contributed by atoms with Crippen LogP contribution in [0.5, 0.6) is 5.75 Å². The molecule has 0 heterocycles. The number of esters is 1. The zero-order valence-corrected chi connectivity index (χ0v) is 21.2. The van der Waals surface area contributed by atoms with Crippen molar-refractivity contribution in [1.82, 2.24) is 0 Å². The van der Waals surface area contributed by atoms with E-state index >= 15 is 0 Å². The maximum absolute atomic E-state index is 12.4. The number of carbonyl (C=O) groups is 2. The molecule has 2 aliphatic rings. The summed E-state index contributed by atoms with van der Waals surface area (Å²) in [5.41, 5.74) is -0.515. The molecule has 180 valence electrons. The van der Waals surface area contributed by atoms with Gasteiger partial charge in [0.15, 0.2) is 12.4 Å². The molecule has 0 spiro atoms. The minimum atomic E-state index is -1.04. The fraction of sp³-hybridized carbons (Fsp3) is 0.577. The third-order valence-corrected chi connectivity index (χ3v) is 5.69. The number of ketones is 1. The Morgan fingerprint density at radius 3 is 1.94 bits per heavy atom. The van der Waals surface area contributed by atoms with E-state index in [0.717, 1.165) is 25.7 Å². The van der Waals surface area contributed by atoms with Crippen LogP contribution in [0.4, 0.5) is 0 Å². The van der Waals surface area contributed by atoms with E-state index in [0.29, 0.717) is 11.3 Å². The molecular weight excluding hydrogens is 446 g/mol. The molecule has 0 aromatic heterocycles. The second-order valence-electron chi connectivity index (χ2n) is 8.29. The monoisotopic (exact) mass is 485 g/mol. The summed E-state index contributed by atoms with van der Waals surface area (Å²) >= 11 is 0. The fourth-order valence-corrected chi connectivity index (χ4v) is 3.74. The average molecular weight is 485 g/mol. The number of rotatable bonds is 7. The summed E-state index contributed by atoms with van der Waals surface area (Å²) in [6.07, 6.45) is 11.3.